The molecule has 1 aromatic carbocycles. The number of aliphatic hydroxyl groups excluding tert-OH is 1. The summed E-state index contributed by atoms with van der Waals surface area (Å²) in [6, 6.07) is 9.56. The van der Waals surface area contributed by atoms with Crippen molar-refractivity contribution in [3.05, 3.63) is 46.2 Å². The van der Waals surface area contributed by atoms with Crippen LogP contribution in [0.2, 0.25) is 0 Å². The predicted molar refractivity (Wildman–Crippen MR) is 69.2 cm³/mol. The molecule has 0 aliphatic carbocycles. The van der Waals surface area contributed by atoms with Gasteiger partial charge in [-0.1, -0.05) is 32.0 Å². The SMILES string of the molecule is CC(C)C(CO)c1cc2ccccc2[nH]c1=O. The van der Waals surface area contributed by atoms with E-state index in [1.54, 1.807) is 0 Å². The summed E-state index contributed by atoms with van der Waals surface area (Å²) < 4.78 is 0. The smallest absolute Gasteiger partial charge is 0.252 e. The minimum Gasteiger partial charge on any atom is -0.396 e. The Balaban J connectivity index is 2.61. The molecule has 0 radical (unpaired) electrons. The topological polar surface area (TPSA) is 53.1 Å². The molecule has 2 N–H and O–H groups in total. The summed E-state index contributed by atoms with van der Waals surface area (Å²) in [5.74, 6) is 0.130. The number of aromatic nitrogens is 1. The minimum atomic E-state index is -0.108. The van der Waals surface area contributed by atoms with Crippen molar-refractivity contribution in [3.63, 3.8) is 0 Å². The maximum atomic E-state index is 12.0. The third kappa shape index (κ3) is 2.24. The lowest BCUT2D eigenvalue weighted by Gasteiger charge is -2.18. The Morgan fingerprint density at radius 2 is 2.00 bits per heavy atom. The van der Waals surface area contributed by atoms with E-state index in [4.69, 9.17) is 0 Å². The van der Waals surface area contributed by atoms with Gasteiger partial charge in [-0.3, -0.25) is 4.79 Å². The average Bonchev–Trinajstić information content (AvgIpc) is 2.30. The van der Waals surface area contributed by atoms with E-state index in [0.717, 1.165) is 10.9 Å². The van der Waals surface area contributed by atoms with Gasteiger partial charge in [0.15, 0.2) is 0 Å². The molecule has 0 amide bonds. The van der Waals surface area contributed by atoms with Gasteiger partial charge in [-0.05, 0) is 23.4 Å². The zero-order valence-corrected chi connectivity index (χ0v) is 10.1. The Morgan fingerprint density at radius 3 is 2.65 bits per heavy atom. The Hall–Kier alpha value is -1.61. The zero-order chi connectivity index (χ0) is 12.4. The van der Waals surface area contributed by atoms with Gasteiger partial charge < -0.3 is 10.1 Å². The second-order valence-corrected chi connectivity index (χ2v) is 4.67. The van der Waals surface area contributed by atoms with Crippen molar-refractivity contribution in [1.82, 2.24) is 4.98 Å². The van der Waals surface area contributed by atoms with E-state index in [-0.39, 0.29) is 24.0 Å². The fourth-order valence-electron chi connectivity index (χ4n) is 2.11. The van der Waals surface area contributed by atoms with Crippen molar-refractivity contribution in [2.75, 3.05) is 6.61 Å². The van der Waals surface area contributed by atoms with E-state index in [1.807, 2.05) is 44.2 Å². The zero-order valence-electron chi connectivity index (χ0n) is 10.1. The molecule has 90 valence electrons. The van der Waals surface area contributed by atoms with Crippen molar-refractivity contribution in [1.29, 1.82) is 0 Å². The van der Waals surface area contributed by atoms with Crippen LogP contribution in [0.25, 0.3) is 10.9 Å². The summed E-state index contributed by atoms with van der Waals surface area (Å²) in [7, 11) is 0. The number of benzene rings is 1. The lowest BCUT2D eigenvalue weighted by atomic mass is 9.89. The Labute approximate surface area is 100 Å². The van der Waals surface area contributed by atoms with Crippen LogP contribution in [0.4, 0.5) is 0 Å². The van der Waals surface area contributed by atoms with Gasteiger partial charge in [0, 0.05) is 17.0 Å². The van der Waals surface area contributed by atoms with Crippen LogP contribution in [-0.4, -0.2) is 16.7 Å². The number of fused-ring (bicyclic) bond motifs is 1. The molecule has 1 aromatic heterocycles. The van der Waals surface area contributed by atoms with Crippen LogP contribution < -0.4 is 5.56 Å². The molecule has 1 unspecified atom stereocenters. The fourth-order valence-corrected chi connectivity index (χ4v) is 2.11. The molecule has 0 bridgehead atoms. The number of aromatic amines is 1. The van der Waals surface area contributed by atoms with Gasteiger partial charge >= 0.3 is 0 Å². The third-order valence-corrected chi connectivity index (χ3v) is 3.18. The van der Waals surface area contributed by atoms with Gasteiger partial charge in [0.1, 0.15) is 0 Å². The van der Waals surface area contributed by atoms with Crippen LogP contribution in [0, 0.1) is 5.92 Å². The van der Waals surface area contributed by atoms with Crippen LogP contribution in [0.1, 0.15) is 25.3 Å². The van der Waals surface area contributed by atoms with E-state index in [1.165, 1.54) is 0 Å². The third-order valence-electron chi connectivity index (χ3n) is 3.18. The normalized spacial score (nSPS) is 13.2. The summed E-state index contributed by atoms with van der Waals surface area (Å²) in [6.45, 7) is 4.02. The number of pyridine rings is 1. The molecular formula is C14H17NO2. The molecule has 0 spiro atoms. The van der Waals surface area contributed by atoms with Gasteiger partial charge in [-0.2, -0.15) is 0 Å². The number of hydrogen-bond donors (Lipinski definition) is 2. The van der Waals surface area contributed by atoms with E-state index in [0.29, 0.717) is 5.56 Å². The lowest BCUT2D eigenvalue weighted by Crippen LogP contribution is -2.22. The highest BCUT2D eigenvalue weighted by molar-refractivity contribution is 5.78. The van der Waals surface area contributed by atoms with E-state index >= 15 is 0 Å². The molecule has 0 aliphatic rings. The highest BCUT2D eigenvalue weighted by Crippen LogP contribution is 2.23. The van der Waals surface area contributed by atoms with Crippen molar-refractivity contribution < 1.29 is 5.11 Å². The molecular weight excluding hydrogens is 214 g/mol. The number of rotatable bonds is 3. The van der Waals surface area contributed by atoms with Crippen molar-refractivity contribution in [2.24, 2.45) is 5.92 Å². The summed E-state index contributed by atoms with van der Waals surface area (Å²) in [5.41, 5.74) is 1.40. The molecule has 0 fully saturated rings. The van der Waals surface area contributed by atoms with Crippen LogP contribution >= 0.6 is 0 Å². The van der Waals surface area contributed by atoms with Crippen molar-refractivity contribution in [2.45, 2.75) is 19.8 Å². The first-order valence-corrected chi connectivity index (χ1v) is 5.86. The first kappa shape index (κ1) is 11.9. The molecule has 1 atom stereocenters. The number of nitrogens with one attached hydrogen (secondary N) is 1. The minimum absolute atomic E-state index is 0.000906. The molecule has 3 heteroatoms. The predicted octanol–water partition coefficient (Wildman–Crippen LogP) is 2.26. The highest BCUT2D eigenvalue weighted by atomic mass is 16.3. The Bertz CT molecular complexity index is 572. The second kappa shape index (κ2) is 4.72. The van der Waals surface area contributed by atoms with Gasteiger partial charge in [0.2, 0.25) is 0 Å². The maximum Gasteiger partial charge on any atom is 0.252 e. The first-order chi connectivity index (χ1) is 8.13. The van der Waals surface area contributed by atoms with E-state index < -0.39 is 0 Å². The lowest BCUT2D eigenvalue weighted by molar-refractivity contribution is 0.236. The molecule has 2 aromatic rings. The van der Waals surface area contributed by atoms with Crippen LogP contribution in [0.3, 0.4) is 0 Å². The molecule has 3 nitrogen and oxygen atoms in total. The Morgan fingerprint density at radius 1 is 1.29 bits per heavy atom. The van der Waals surface area contributed by atoms with Crippen LogP contribution in [0.5, 0.6) is 0 Å². The summed E-state index contributed by atoms with van der Waals surface area (Å²) in [4.78, 5) is 14.8. The molecule has 17 heavy (non-hydrogen) atoms. The molecule has 1 heterocycles. The number of H-pyrrole nitrogens is 1. The maximum absolute atomic E-state index is 12.0. The number of aliphatic hydroxyl groups is 1. The van der Waals surface area contributed by atoms with E-state index in [9.17, 15) is 9.90 Å². The average molecular weight is 231 g/mol. The van der Waals surface area contributed by atoms with Gasteiger partial charge in [0.05, 0.1) is 6.61 Å². The molecule has 2 rings (SSSR count). The monoisotopic (exact) mass is 231 g/mol. The number of para-hydroxylation sites is 1. The summed E-state index contributed by atoms with van der Waals surface area (Å²) in [5, 5.41) is 10.4. The van der Waals surface area contributed by atoms with Gasteiger partial charge in [-0.15, -0.1) is 0 Å². The van der Waals surface area contributed by atoms with E-state index in [2.05, 4.69) is 4.98 Å². The summed E-state index contributed by atoms with van der Waals surface area (Å²) in [6.07, 6.45) is 0. The second-order valence-electron chi connectivity index (χ2n) is 4.67. The highest BCUT2D eigenvalue weighted by Gasteiger charge is 2.18. The Kier molecular flexibility index (Phi) is 3.29. The fraction of sp³-hybridized carbons (Fsp3) is 0.357. The van der Waals surface area contributed by atoms with Gasteiger partial charge in [-0.25, -0.2) is 0 Å². The number of hydrogen-bond acceptors (Lipinski definition) is 2. The molecule has 0 saturated carbocycles. The summed E-state index contributed by atoms with van der Waals surface area (Å²) >= 11 is 0. The standard InChI is InChI=1S/C14H17NO2/c1-9(2)12(8-16)11-7-10-5-3-4-6-13(10)15-14(11)17/h3-7,9,12,16H,8H2,1-2H3,(H,15,17). The van der Waals surface area contributed by atoms with Crippen LogP contribution in [0.15, 0.2) is 35.1 Å². The van der Waals surface area contributed by atoms with Gasteiger partial charge in [0.25, 0.3) is 5.56 Å². The van der Waals surface area contributed by atoms with Crippen molar-refractivity contribution >= 4 is 10.9 Å². The van der Waals surface area contributed by atoms with Crippen LogP contribution in [-0.2, 0) is 0 Å². The quantitative estimate of drug-likeness (QED) is 0.851. The largest absolute Gasteiger partial charge is 0.396 e. The van der Waals surface area contributed by atoms with Crippen molar-refractivity contribution in [3.8, 4) is 0 Å². The molecule has 0 aliphatic heterocycles. The molecule has 0 saturated heterocycles. The first-order valence-electron chi connectivity index (χ1n) is 5.86.